The highest BCUT2D eigenvalue weighted by Crippen LogP contribution is 2.19. The van der Waals surface area contributed by atoms with E-state index in [9.17, 15) is 17.2 Å². The van der Waals surface area contributed by atoms with Crippen LogP contribution in [-0.4, -0.2) is 27.1 Å². The van der Waals surface area contributed by atoms with Crippen LogP contribution in [0.25, 0.3) is 0 Å². The van der Waals surface area contributed by atoms with Crippen LogP contribution in [0.3, 0.4) is 0 Å². The van der Waals surface area contributed by atoms with Crippen LogP contribution in [0.4, 0.5) is 8.78 Å². The molecule has 0 heterocycles. The lowest BCUT2D eigenvalue weighted by molar-refractivity contribution is 0.0115. The lowest BCUT2D eigenvalue weighted by Crippen LogP contribution is -2.30. The number of sulfone groups is 1. The van der Waals surface area contributed by atoms with Crippen LogP contribution in [0.2, 0.25) is 0 Å². The molecular formula is C10H13F2NO2S. The maximum atomic E-state index is 12.9. The van der Waals surface area contributed by atoms with Gasteiger partial charge in [-0.3, -0.25) is 0 Å². The number of alkyl halides is 2. The third-order valence-corrected chi connectivity index (χ3v) is 3.24. The lowest BCUT2D eigenvalue weighted by atomic mass is 10.1. The minimum absolute atomic E-state index is 0.118. The van der Waals surface area contributed by atoms with E-state index in [2.05, 4.69) is 0 Å². The number of hydrogen-bond acceptors (Lipinski definition) is 3. The van der Waals surface area contributed by atoms with Gasteiger partial charge in [-0.05, 0) is 17.7 Å². The van der Waals surface area contributed by atoms with Crippen LogP contribution in [0.15, 0.2) is 29.2 Å². The molecule has 0 amide bonds. The topological polar surface area (TPSA) is 60.2 Å². The molecule has 1 aromatic rings. The molecule has 0 aliphatic rings. The first-order valence-electron chi connectivity index (χ1n) is 4.61. The quantitative estimate of drug-likeness (QED) is 0.873. The van der Waals surface area contributed by atoms with Gasteiger partial charge in [-0.25, -0.2) is 17.2 Å². The van der Waals surface area contributed by atoms with Crippen molar-refractivity contribution in [2.45, 2.75) is 17.2 Å². The first kappa shape index (κ1) is 13.1. The average Bonchev–Trinajstić information content (AvgIpc) is 2.16. The van der Waals surface area contributed by atoms with Gasteiger partial charge in [0.05, 0.1) is 11.4 Å². The molecule has 0 aromatic heterocycles. The molecule has 0 bridgehead atoms. The van der Waals surface area contributed by atoms with Crippen LogP contribution in [0.5, 0.6) is 0 Å². The smallest absolute Gasteiger partial charge is 0.264 e. The fraction of sp³-hybridized carbons (Fsp3) is 0.400. The van der Waals surface area contributed by atoms with E-state index in [1.165, 1.54) is 24.3 Å². The lowest BCUT2D eigenvalue weighted by Gasteiger charge is -2.13. The van der Waals surface area contributed by atoms with E-state index in [4.69, 9.17) is 5.73 Å². The number of benzene rings is 1. The monoisotopic (exact) mass is 249 g/mol. The highest BCUT2D eigenvalue weighted by atomic mass is 32.2. The largest absolute Gasteiger partial charge is 0.325 e. The Bertz CT molecular complexity index is 454. The molecular weight excluding hydrogens is 236 g/mol. The zero-order valence-electron chi connectivity index (χ0n) is 8.78. The van der Waals surface area contributed by atoms with Crippen LogP contribution in [0, 0.1) is 0 Å². The number of hydrogen-bond donors (Lipinski definition) is 1. The molecule has 2 N–H and O–H groups in total. The Labute approximate surface area is 93.2 Å². The molecule has 0 spiro atoms. The summed E-state index contributed by atoms with van der Waals surface area (Å²) < 4.78 is 48.1. The summed E-state index contributed by atoms with van der Waals surface area (Å²) in [5, 5.41) is 0. The van der Waals surface area contributed by atoms with E-state index in [0.717, 1.165) is 6.26 Å². The summed E-state index contributed by atoms with van der Waals surface area (Å²) in [6.45, 7) is -0.721. The van der Waals surface area contributed by atoms with E-state index < -0.39 is 28.7 Å². The van der Waals surface area contributed by atoms with Crippen molar-refractivity contribution in [3.63, 3.8) is 0 Å². The van der Waals surface area contributed by atoms with Gasteiger partial charge in [-0.1, -0.05) is 12.1 Å². The van der Waals surface area contributed by atoms with Gasteiger partial charge in [-0.2, -0.15) is 0 Å². The van der Waals surface area contributed by atoms with Crippen LogP contribution in [0.1, 0.15) is 5.56 Å². The normalized spacial score (nSPS) is 12.8. The molecule has 0 atom stereocenters. The summed E-state index contributed by atoms with van der Waals surface area (Å²) >= 11 is 0. The summed E-state index contributed by atoms with van der Waals surface area (Å²) in [6, 6.07) is 5.38. The maximum absolute atomic E-state index is 12.9. The fourth-order valence-electron chi connectivity index (χ4n) is 1.23. The molecule has 0 radical (unpaired) electrons. The van der Waals surface area contributed by atoms with E-state index >= 15 is 0 Å². The van der Waals surface area contributed by atoms with Gasteiger partial charge in [0.1, 0.15) is 0 Å². The molecule has 6 heteroatoms. The zero-order chi connectivity index (χ0) is 12.4. The molecule has 1 rings (SSSR count). The summed E-state index contributed by atoms with van der Waals surface area (Å²) in [7, 11) is -3.28. The molecule has 0 unspecified atom stereocenters. The van der Waals surface area contributed by atoms with Gasteiger partial charge in [-0.15, -0.1) is 0 Å². The van der Waals surface area contributed by atoms with E-state index in [0.29, 0.717) is 5.56 Å². The van der Waals surface area contributed by atoms with E-state index in [-0.39, 0.29) is 4.90 Å². The van der Waals surface area contributed by atoms with Crippen molar-refractivity contribution in [2.75, 3.05) is 12.8 Å². The second kappa shape index (κ2) is 4.47. The van der Waals surface area contributed by atoms with Crippen molar-refractivity contribution in [1.29, 1.82) is 0 Å². The zero-order valence-corrected chi connectivity index (χ0v) is 9.60. The molecule has 16 heavy (non-hydrogen) atoms. The Morgan fingerprint density at radius 3 is 2.12 bits per heavy atom. The molecule has 1 aromatic carbocycles. The molecule has 0 saturated heterocycles. The van der Waals surface area contributed by atoms with Crippen molar-refractivity contribution in [3.8, 4) is 0 Å². The summed E-state index contributed by atoms with van der Waals surface area (Å²) in [6.07, 6.45) is 0.587. The van der Waals surface area contributed by atoms with Crippen LogP contribution >= 0.6 is 0 Å². The van der Waals surface area contributed by atoms with Crippen molar-refractivity contribution in [3.05, 3.63) is 29.8 Å². The van der Waals surface area contributed by atoms with Crippen LogP contribution in [-0.2, 0) is 16.3 Å². The van der Waals surface area contributed by atoms with Crippen molar-refractivity contribution >= 4 is 9.84 Å². The van der Waals surface area contributed by atoms with Crippen molar-refractivity contribution in [2.24, 2.45) is 5.73 Å². The summed E-state index contributed by atoms with van der Waals surface area (Å²) in [5.74, 6) is -2.95. The Balaban J connectivity index is 2.89. The standard InChI is InChI=1S/C10H13F2NO2S/c1-16(14,15)9-4-2-8(3-5-9)6-10(11,12)7-13/h2-5H,6-7,13H2,1H3. The highest BCUT2D eigenvalue weighted by Gasteiger charge is 2.26. The van der Waals surface area contributed by atoms with E-state index in [1.807, 2.05) is 0 Å². The third kappa shape index (κ3) is 3.53. The Hall–Kier alpha value is -1.01. The highest BCUT2D eigenvalue weighted by molar-refractivity contribution is 7.90. The van der Waals surface area contributed by atoms with Gasteiger partial charge in [0.15, 0.2) is 9.84 Å². The fourth-order valence-corrected chi connectivity index (χ4v) is 1.86. The number of nitrogens with two attached hydrogens (primary N) is 1. The first-order valence-corrected chi connectivity index (χ1v) is 6.51. The molecule has 90 valence electrons. The van der Waals surface area contributed by atoms with Gasteiger partial charge < -0.3 is 5.73 Å². The average molecular weight is 249 g/mol. The number of halogens is 2. The minimum atomic E-state index is -3.28. The first-order chi connectivity index (χ1) is 7.24. The van der Waals surface area contributed by atoms with Crippen molar-refractivity contribution < 1.29 is 17.2 Å². The van der Waals surface area contributed by atoms with Gasteiger partial charge >= 0.3 is 0 Å². The predicted molar refractivity (Wildman–Crippen MR) is 57.3 cm³/mol. The van der Waals surface area contributed by atoms with Gasteiger partial charge in [0, 0.05) is 12.7 Å². The SMILES string of the molecule is CS(=O)(=O)c1ccc(CC(F)(F)CN)cc1. The number of rotatable bonds is 4. The minimum Gasteiger partial charge on any atom is -0.325 e. The Morgan fingerprint density at radius 1 is 1.25 bits per heavy atom. The van der Waals surface area contributed by atoms with Crippen molar-refractivity contribution in [1.82, 2.24) is 0 Å². The van der Waals surface area contributed by atoms with Gasteiger partial charge in [0.2, 0.25) is 0 Å². The summed E-state index contributed by atoms with van der Waals surface area (Å²) in [4.78, 5) is 0.118. The van der Waals surface area contributed by atoms with Gasteiger partial charge in [0.25, 0.3) is 5.92 Å². The molecule has 0 fully saturated rings. The summed E-state index contributed by atoms with van der Waals surface area (Å²) in [5.41, 5.74) is 5.27. The second-order valence-corrected chi connectivity index (χ2v) is 5.67. The molecule has 0 aliphatic carbocycles. The Kier molecular flexibility index (Phi) is 3.64. The third-order valence-electron chi connectivity index (χ3n) is 2.11. The molecule has 0 saturated carbocycles. The maximum Gasteiger partial charge on any atom is 0.264 e. The Morgan fingerprint density at radius 2 is 1.75 bits per heavy atom. The molecule has 3 nitrogen and oxygen atoms in total. The molecule has 0 aliphatic heterocycles. The predicted octanol–water partition coefficient (Wildman–Crippen LogP) is 1.23. The second-order valence-electron chi connectivity index (χ2n) is 3.65. The van der Waals surface area contributed by atoms with Crippen LogP contribution < -0.4 is 5.73 Å². The van der Waals surface area contributed by atoms with E-state index in [1.54, 1.807) is 0 Å².